The van der Waals surface area contributed by atoms with Gasteiger partial charge in [0, 0.05) is 0 Å². The molecule has 3 saturated carbocycles. The average Bonchev–Trinajstić information content (AvgIpc) is 3.06. The van der Waals surface area contributed by atoms with Crippen LogP contribution in [0.3, 0.4) is 0 Å². The molecule has 9 atom stereocenters. The number of aliphatic hydroxyl groups excluding tert-OH is 1. The van der Waals surface area contributed by atoms with Gasteiger partial charge in [0.05, 0.1) is 6.10 Å². The average molecular weight is 413 g/mol. The van der Waals surface area contributed by atoms with Crippen molar-refractivity contribution in [2.24, 2.45) is 52.3 Å². The Morgan fingerprint density at radius 1 is 1.03 bits per heavy atom. The number of allylic oxidation sites excluding steroid dienone is 3. The molecule has 0 aliphatic heterocycles. The highest BCUT2D eigenvalue weighted by atomic mass is 16.3. The van der Waals surface area contributed by atoms with Gasteiger partial charge in [0.1, 0.15) is 0 Å². The summed E-state index contributed by atoms with van der Waals surface area (Å²) < 4.78 is 0. The maximum absolute atomic E-state index is 10.2. The van der Waals surface area contributed by atoms with Crippen molar-refractivity contribution in [1.29, 1.82) is 0 Å². The Morgan fingerprint density at radius 2 is 1.80 bits per heavy atom. The van der Waals surface area contributed by atoms with E-state index in [0.29, 0.717) is 16.7 Å². The first-order chi connectivity index (χ1) is 14.2. The molecule has 1 N–H and O–H groups in total. The lowest BCUT2D eigenvalue weighted by atomic mass is 9.47. The second kappa shape index (κ2) is 8.42. The highest BCUT2D eigenvalue weighted by Gasteiger charge is 2.58. The molecule has 170 valence electrons. The van der Waals surface area contributed by atoms with Crippen LogP contribution in [0, 0.1) is 52.3 Å². The van der Waals surface area contributed by atoms with Crippen LogP contribution in [-0.4, -0.2) is 11.2 Å². The van der Waals surface area contributed by atoms with Crippen LogP contribution in [0.1, 0.15) is 99.3 Å². The molecule has 4 aliphatic carbocycles. The molecule has 0 aromatic carbocycles. The van der Waals surface area contributed by atoms with Gasteiger partial charge in [0.25, 0.3) is 0 Å². The van der Waals surface area contributed by atoms with Crippen molar-refractivity contribution in [3.8, 4) is 0 Å². The first-order valence-electron chi connectivity index (χ1n) is 13.3. The Balaban J connectivity index is 1.52. The predicted molar refractivity (Wildman–Crippen MR) is 128 cm³/mol. The van der Waals surface area contributed by atoms with Gasteiger partial charge in [-0.3, -0.25) is 0 Å². The van der Waals surface area contributed by atoms with Crippen molar-refractivity contribution in [3.05, 3.63) is 23.8 Å². The van der Waals surface area contributed by atoms with Gasteiger partial charge in [0.2, 0.25) is 0 Å². The molecule has 1 nitrogen and oxygen atoms in total. The zero-order valence-electron chi connectivity index (χ0n) is 20.7. The molecule has 0 aromatic rings. The zero-order valence-corrected chi connectivity index (χ0v) is 20.7. The summed E-state index contributed by atoms with van der Waals surface area (Å²) in [5, 5.41) is 10.2. The molecule has 0 saturated heterocycles. The second-order valence-corrected chi connectivity index (χ2v) is 12.4. The molecule has 0 bridgehead atoms. The summed E-state index contributed by atoms with van der Waals surface area (Å²) in [6.45, 7) is 14.8. The SMILES string of the molecule is CC[C@H](/C=C/[C@@H](C)[C@H]1CC[C@@H]2[C@H]3CC=C4C[C@@H](O)CC[C@]4(C)[C@H]3CC[C@@]21C)C(C)C. The van der Waals surface area contributed by atoms with Gasteiger partial charge < -0.3 is 5.11 Å². The van der Waals surface area contributed by atoms with Crippen molar-refractivity contribution >= 4 is 0 Å². The van der Waals surface area contributed by atoms with E-state index in [4.69, 9.17) is 0 Å². The largest absolute Gasteiger partial charge is 0.393 e. The van der Waals surface area contributed by atoms with Gasteiger partial charge in [-0.2, -0.15) is 0 Å². The minimum atomic E-state index is -0.0870. The van der Waals surface area contributed by atoms with Crippen molar-refractivity contribution in [2.45, 2.75) is 105 Å². The monoisotopic (exact) mass is 412 g/mol. The fourth-order valence-electron chi connectivity index (χ4n) is 8.83. The summed E-state index contributed by atoms with van der Waals surface area (Å²) in [6.07, 6.45) is 19.1. The number of aliphatic hydroxyl groups is 1. The predicted octanol–water partition coefficient (Wildman–Crippen LogP) is 7.80. The van der Waals surface area contributed by atoms with Gasteiger partial charge in [-0.05, 0) is 110 Å². The smallest absolute Gasteiger partial charge is 0.0577 e. The molecular weight excluding hydrogens is 364 g/mol. The van der Waals surface area contributed by atoms with Gasteiger partial charge in [-0.25, -0.2) is 0 Å². The number of rotatable bonds is 5. The van der Waals surface area contributed by atoms with Crippen LogP contribution in [0.4, 0.5) is 0 Å². The fraction of sp³-hybridized carbons (Fsp3) is 0.862. The maximum atomic E-state index is 10.2. The highest BCUT2D eigenvalue weighted by Crippen LogP contribution is 2.67. The van der Waals surface area contributed by atoms with Crippen LogP contribution in [0.15, 0.2) is 23.8 Å². The molecule has 0 amide bonds. The van der Waals surface area contributed by atoms with Crippen LogP contribution in [0.2, 0.25) is 0 Å². The second-order valence-electron chi connectivity index (χ2n) is 12.4. The third-order valence-electron chi connectivity index (χ3n) is 10.8. The summed E-state index contributed by atoms with van der Waals surface area (Å²) in [5.41, 5.74) is 2.51. The van der Waals surface area contributed by atoms with E-state index in [1.807, 2.05) is 0 Å². The molecule has 4 aliphatic rings. The molecule has 3 fully saturated rings. The molecular formula is C29H48O. The van der Waals surface area contributed by atoms with E-state index in [1.54, 1.807) is 5.57 Å². The normalized spacial score (nSPS) is 45.6. The molecule has 4 rings (SSSR count). The zero-order chi connectivity index (χ0) is 21.7. The molecule has 0 spiro atoms. The van der Waals surface area contributed by atoms with E-state index in [9.17, 15) is 5.11 Å². The van der Waals surface area contributed by atoms with Crippen LogP contribution >= 0.6 is 0 Å². The van der Waals surface area contributed by atoms with Crippen LogP contribution < -0.4 is 0 Å². The van der Waals surface area contributed by atoms with E-state index in [2.05, 4.69) is 59.8 Å². The molecule has 0 aromatic heterocycles. The van der Waals surface area contributed by atoms with Crippen molar-refractivity contribution in [2.75, 3.05) is 0 Å². The molecule has 30 heavy (non-hydrogen) atoms. The Morgan fingerprint density at radius 3 is 2.50 bits per heavy atom. The fourth-order valence-corrected chi connectivity index (χ4v) is 8.83. The Hall–Kier alpha value is -0.560. The summed E-state index contributed by atoms with van der Waals surface area (Å²) in [4.78, 5) is 0. The van der Waals surface area contributed by atoms with Gasteiger partial charge in [0.15, 0.2) is 0 Å². The first-order valence-corrected chi connectivity index (χ1v) is 13.3. The number of hydrogen-bond donors (Lipinski definition) is 1. The van der Waals surface area contributed by atoms with Gasteiger partial charge in [-0.1, -0.05) is 65.3 Å². The Bertz CT molecular complexity index is 674. The summed E-state index contributed by atoms with van der Waals surface area (Å²) in [6, 6.07) is 0. The number of fused-ring (bicyclic) bond motifs is 5. The third-order valence-corrected chi connectivity index (χ3v) is 10.8. The summed E-state index contributed by atoms with van der Waals surface area (Å²) in [7, 11) is 0. The molecule has 0 heterocycles. The van der Waals surface area contributed by atoms with Gasteiger partial charge in [-0.15, -0.1) is 0 Å². The van der Waals surface area contributed by atoms with Crippen LogP contribution in [0.5, 0.6) is 0 Å². The van der Waals surface area contributed by atoms with Gasteiger partial charge >= 0.3 is 0 Å². The van der Waals surface area contributed by atoms with E-state index >= 15 is 0 Å². The lowest BCUT2D eigenvalue weighted by molar-refractivity contribution is -0.0540. The van der Waals surface area contributed by atoms with E-state index in [1.165, 1.54) is 44.9 Å². The summed E-state index contributed by atoms with van der Waals surface area (Å²) >= 11 is 0. The van der Waals surface area contributed by atoms with Crippen LogP contribution in [-0.2, 0) is 0 Å². The highest BCUT2D eigenvalue weighted by molar-refractivity contribution is 5.25. The molecule has 0 unspecified atom stereocenters. The molecule has 0 radical (unpaired) electrons. The van der Waals surface area contributed by atoms with Crippen molar-refractivity contribution in [1.82, 2.24) is 0 Å². The van der Waals surface area contributed by atoms with Crippen molar-refractivity contribution in [3.63, 3.8) is 0 Å². The van der Waals surface area contributed by atoms with E-state index in [-0.39, 0.29) is 6.10 Å². The summed E-state index contributed by atoms with van der Waals surface area (Å²) in [5.74, 6) is 5.70. The number of hydrogen-bond acceptors (Lipinski definition) is 1. The Labute approximate surface area is 186 Å². The lowest BCUT2D eigenvalue weighted by Crippen LogP contribution is -2.50. The Kier molecular flexibility index (Phi) is 6.35. The van der Waals surface area contributed by atoms with Crippen molar-refractivity contribution < 1.29 is 5.11 Å². The minimum Gasteiger partial charge on any atom is -0.393 e. The van der Waals surface area contributed by atoms with E-state index in [0.717, 1.165) is 48.3 Å². The maximum Gasteiger partial charge on any atom is 0.0577 e. The quantitative estimate of drug-likeness (QED) is 0.457. The molecule has 1 heteroatoms. The minimum absolute atomic E-state index is 0.0870. The standard InChI is InChI=1S/C29H48O/c1-7-21(19(2)3)9-8-20(4)25-12-13-26-24-11-10-22-18-23(30)14-16-28(22,5)27(24)15-17-29(25,26)6/h8-10,19-21,23-27,30H,7,11-18H2,1-6H3/b9-8+/t20-,21-,23+,24-,25-,26-,27+,28+,29-/m1/s1. The van der Waals surface area contributed by atoms with E-state index < -0.39 is 0 Å². The van der Waals surface area contributed by atoms with Crippen LogP contribution in [0.25, 0.3) is 0 Å². The first kappa shape index (κ1) is 22.6. The third kappa shape index (κ3) is 3.66. The lowest BCUT2D eigenvalue weighted by Gasteiger charge is -2.58. The topological polar surface area (TPSA) is 20.2 Å².